The van der Waals surface area contributed by atoms with E-state index >= 15 is 0 Å². The number of hydrogen-bond acceptors (Lipinski definition) is 6. The Balaban J connectivity index is 1.93. The lowest BCUT2D eigenvalue weighted by molar-refractivity contribution is 0.0902. The minimum Gasteiger partial charge on any atom is -0.493 e. The molecular formula is C16H25NO6S2. The molecule has 9 heteroatoms. The number of ether oxygens (including phenoxy) is 2. The minimum absolute atomic E-state index is 0.0383. The summed E-state index contributed by atoms with van der Waals surface area (Å²) in [7, 11) is -6.73. The van der Waals surface area contributed by atoms with Crippen LogP contribution >= 0.6 is 0 Å². The maximum Gasteiger partial charge on any atom is 0.240 e. The lowest BCUT2D eigenvalue weighted by Gasteiger charge is -2.20. The van der Waals surface area contributed by atoms with Gasteiger partial charge in [-0.2, -0.15) is 0 Å². The fourth-order valence-electron chi connectivity index (χ4n) is 2.53. The van der Waals surface area contributed by atoms with Crippen LogP contribution in [0.4, 0.5) is 0 Å². The molecule has 0 saturated carbocycles. The van der Waals surface area contributed by atoms with Gasteiger partial charge in [-0.05, 0) is 44.0 Å². The largest absolute Gasteiger partial charge is 0.493 e. The SMILES string of the molecule is CCS(=O)(=O)CCOc1ccc(S(=O)(=O)NC(C)C2CCCO2)cc1. The van der Waals surface area contributed by atoms with E-state index in [0.717, 1.165) is 12.8 Å². The van der Waals surface area contributed by atoms with Crippen LogP contribution in [0.2, 0.25) is 0 Å². The van der Waals surface area contributed by atoms with E-state index in [1.165, 1.54) is 24.3 Å². The van der Waals surface area contributed by atoms with Gasteiger partial charge in [0.25, 0.3) is 0 Å². The third-order valence-corrected chi connectivity index (χ3v) is 7.34. The van der Waals surface area contributed by atoms with Crippen molar-refractivity contribution in [2.24, 2.45) is 0 Å². The van der Waals surface area contributed by atoms with Gasteiger partial charge in [0, 0.05) is 18.4 Å². The molecular weight excluding hydrogens is 366 g/mol. The van der Waals surface area contributed by atoms with Crippen molar-refractivity contribution in [3.63, 3.8) is 0 Å². The Bertz CT molecular complexity index is 752. The fraction of sp³-hybridized carbons (Fsp3) is 0.625. The van der Waals surface area contributed by atoms with Crippen LogP contribution in [0.15, 0.2) is 29.2 Å². The Morgan fingerprint density at radius 1 is 1.24 bits per heavy atom. The molecule has 1 heterocycles. The van der Waals surface area contributed by atoms with Crippen LogP contribution in [0.5, 0.6) is 5.75 Å². The molecule has 2 atom stereocenters. The van der Waals surface area contributed by atoms with Gasteiger partial charge in [-0.1, -0.05) is 6.92 Å². The molecule has 142 valence electrons. The molecule has 1 saturated heterocycles. The molecule has 0 bridgehead atoms. The number of rotatable bonds is 9. The van der Waals surface area contributed by atoms with E-state index in [-0.39, 0.29) is 35.2 Å². The first-order valence-electron chi connectivity index (χ1n) is 8.31. The Hall–Kier alpha value is -1.16. The highest BCUT2D eigenvalue weighted by Crippen LogP contribution is 2.19. The minimum atomic E-state index is -3.64. The Kier molecular flexibility index (Phi) is 6.84. The highest BCUT2D eigenvalue weighted by molar-refractivity contribution is 7.91. The van der Waals surface area contributed by atoms with Crippen molar-refractivity contribution in [1.82, 2.24) is 4.72 Å². The van der Waals surface area contributed by atoms with Gasteiger partial charge in [0.05, 0.1) is 16.8 Å². The molecule has 2 rings (SSSR count). The number of nitrogens with one attached hydrogen (secondary N) is 1. The predicted octanol–water partition coefficient (Wildman–Crippen LogP) is 1.35. The first-order valence-corrected chi connectivity index (χ1v) is 11.6. The second-order valence-corrected chi connectivity index (χ2v) is 10.2. The zero-order chi connectivity index (χ0) is 18.5. The first-order chi connectivity index (χ1) is 11.7. The molecule has 7 nitrogen and oxygen atoms in total. The molecule has 0 aromatic heterocycles. The highest BCUT2D eigenvalue weighted by Gasteiger charge is 2.26. The molecule has 2 unspecified atom stereocenters. The number of sulfonamides is 1. The van der Waals surface area contributed by atoms with Crippen LogP contribution in [-0.2, 0) is 24.6 Å². The summed E-state index contributed by atoms with van der Waals surface area (Å²) >= 11 is 0. The first kappa shape index (κ1) is 20.2. The van der Waals surface area contributed by atoms with Gasteiger partial charge in [-0.15, -0.1) is 0 Å². The van der Waals surface area contributed by atoms with Gasteiger partial charge in [0.1, 0.15) is 12.4 Å². The highest BCUT2D eigenvalue weighted by atomic mass is 32.2. The summed E-state index contributed by atoms with van der Waals surface area (Å²) in [6, 6.07) is 5.61. The number of hydrogen-bond donors (Lipinski definition) is 1. The van der Waals surface area contributed by atoms with E-state index in [4.69, 9.17) is 9.47 Å². The van der Waals surface area contributed by atoms with Crippen LogP contribution in [0.25, 0.3) is 0 Å². The lowest BCUT2D eigenvalue weighted by Crippen LogP contribution is -2.40. The molecule has 1 aromatic carbocycles. The van der Waals surface area contributed by atoms with Crippen LogP contribution in [0.3, 0.4) is 0 Å². The third kappa shape index (κ3) is 5.95. The van der Waals surface area contributed by atoms with Crippen molar-refractivity contribution in [1.29, 1.82) is 0 Å². The maximum atomic E-state index is 12.4. The van der Waals surface area contributed by atoms with Crippen molar-refractivity contribution in [2.75, 3.05) is 24.7 Å². The molecule has 1 aliphatic rings. The molecule has 0 amide bonds. The molecule has 0 aliphatic carbocycles. The number of benzene rings is 1. The third-order valence-electron chi connectivity index (χ3n) is 4.10. The van der Waals surface area contributed by atoms with Gasteiger partial charge in [-0.25, -0.2) is 21.6 Å². The van der Waals surface area contributed by atoms with E-state index in [9.17, 15) is 16.8 Å². The molecule has 0 spiro atoms. The fourth-order valence-corrected chi connectivity index (χ4v) is 4.43. The molecule has 1 aromatic rings. The van der Waals surface area contributed by atoms with Crippen molar-refractivity contribution >= 4 is 19.9 Å². The van der Waals surface area contributed by atoms with Crippen LogP contribution in [0.1, 0.15) is 26.7 Å². The van der Waals surface area contributed by atoms with Crippen LogP contribution in [0, 0.1) is 0 Å². The maximum absolute atomic E-state index is 12.4. The van der Waals surface area contributed by atoms with E-state index in [0.29, 0.717) is 12.4 Å². The van der Waals surface area contributed by atoms with Gasteiger partial charge < -0.3 is 9.47 Å². The molecule has 0 radical (unpaired) electrons. The van der Waals surface area contributed by atoms with Crippen molar-refractivity contribution in [2.45, 2.75) is 43.7 Å². The van der Waals surface area contributed by atoms with E-state index < -0.39 is 19.9 Å². The Labute approximate surface area is 149 Å². The van der Waals surface area contributed by atoms with E-state index in [2.05, 4.69) is 4.72 Å². The van der Waals surface area contributed by atoms with Crippen molar-refractivity contribution < 1.29 is 26.3 Å². The van der Waals surface area contributed by atoms with E-state index in [1.54, 1.807) is 13.8 Å². The summed E-state index contributed by atoms with van der Waals surface area (Å²) in [6.45, 7) is 4.08. The Morgan fingerprint density at radius 2 is 1.92 bits per heavy atom. The average Bonchev–Trinajstić information content (AvgIpc) is 3.09. The topological polar surface area (TPSA) is 98.8 Å². The summed E-state index contributed by atoms with van der Waals surface area (Å²) in [5.74, 6) is 0.434. The average molecular weight is 392 g/mol. The zero-order valence-corrected chi connectivity index (χ0v) is 16.1. The smallest absolute Gasteiger partial charge is 0.240 e. The summed E-state index contributed by atoms with van der Waals surface area (Å²) in [5, 5.41) is 0. The number of sulfone groups is 1. The van der Waals surface area contributed by atoms with Crippen molar-refractivity contribution in [3.05, 3.63) is 24.3 Å². The standard InChI is InChI=1S/C16H25NO6S2/c1-3-24(18,19)12-11-22-14-6-8-15(9-7-14)25(20,21)17-13(2)16-5-4-10-23-16/h6-9,13,16-17H,3-5,10-12H2,1-2H3. The summed E-state index contributed by atoms with van der Waals surface area (Å²) < 4.78 is 61.1. The predicted molar refractivity (Wildman–Crippen MR) is 95.0 cm³/mol. The van der Waals surface area contributed by atoms with Gasteiger partial charge in [0.15, 0.2) is 9.84 Å². The van der Waals surface area contributed by atoms with E-state index in [1.807, 2.05) is 0 Å². The van der Waals surface area contributed by atoms with Gasteiger partial charge in [0.2, 0.25) is 10.0 Å². The normalized spacial score (nSPS) is 19.7. The molecule has 25 heavy (non-hydrogen) atoms. The van der Waals surface area contributed by atoms with Crippen molar-refractivity contribution in [3.8, 4) is 5.75 Å². The quantitative estimate of drug-likeness (QED) is 0.682. The van der Waals surface area contributed by atoms with Crippen LogP contribution in [-0.4, -0.2) is 53.7 Å². The van der Waals surface area contributed by atoms with Gasteiger partial charge >= 0.3 is 0 Å². The molecule has 1 aliphatic heterocycles. The molecule has 1 fully saturated rings. The molecule has 1 N–H and O–H groups in total. The van der Waals surface area contributed by atoms with Gasteiger partial charge in [-0.3, -0.25) is 0 Å². The summed E-state index contributed by atoms with van der Waals surface area (Å²) in [5.41, 5.74) is 0. The summed E-state index contributed by atoms with van der Waals surface area (Å²) in [4.78, 5) is 0.130. The second-order valence-electron chi connectivity index (χ2n) is 6.02. The van der Waals surface area contributed by atoms with Crippen LogP contribution < -0.4 is 9.46 Å². The lowest BCUT2D eigenvalue weighted by atomic mass is 10.1. The zero-order valence-electron chi connectivity index (χ0n) is 14.5. The Morgan fingerprint density at radius 3 is 2.48 bits per heavy atom. The second kappa shape index (κ2) is 8.48. The monoisotopic (exact) mass is 391 g/mol. The summed E-state index contributed by atoms with van der Waals surface area (Å²) in [6.07, 6.45) is 1.69.